The highest BCUT2D eigenvalue weighted by atomic mass is 32.2. The van der Waals surface area contributed by atoms with E-state index in [1.54, 1.807) is 0 Å². The Balaban J connectivity index is 1.77. The lowest BCUT2D eigenvalue weighted by atomic mass is 10.1. The lowest BCUT2D eigenvalue weighted by molar-refractivity contribution is 0.912. The van der Waals surface area contributed by atoms with Crippen molar-refractivity contribution in [2.45, 2.75) is 25.7 Å². The largest absolute Gasteiger partial charge is 0.335 e. The molecule has 1 aromatic carbocycles. The summed E-state index contributed by atoms with van der Waals surface area (Å²) in [6, 6.07) is 6.74. The van der Waals surface area contributed by atoms with Gasteiger partial charge in [-0.3, -0.25) is 4.99 Å². The van der Waals surface area contributed by atoms with Gasteiger partial charge in [0.05, 0.1) is 0 Å². The van der Waals surface area contributed by atoms with Gasteiger partial charge in [-0.2, -0.15) is 0 Å². The van der Waals surface area contributed by atoms with Crippen molar-refractivity contribution in [1.29, 1.82) is 0 Å². The smallest absolute Gasteiger partial charge is 0.161 e. The first-order chi connectivity index (χ1) is 7.92. The molecule has 0 unspecified atom stereocenters. The van der Waals surface area contributed by atoms with Crippen LogP contribution in [-0.4, -0.2) is 17.5 Å². The monoisotopic (exact) mass is 232 g/mol. The van der Waals surface area contributed by atoms with Crippen LogP contribution in [0.5, 0.6) is 0 Å². The molecule has 1 N–H and O–H groups in total. The van der Waals surface area contributed by atoms with E-state index in [9.17, 15) is 0 Å². The second-order valence-corrected chi connectivity index (χ2v) is 5.43. The minimum atomic E-state index is 0.972. The van der Waals surface area contributed by atoms with Crippen LogP contribution < -0.4 is 5.32 Å². The number of benzene rings is 1. The van der Waals surface area contributed by atoms with E-state index in [0.717, 1.165) is 11.7 Å². The molecule has 3 heteroatoms. The normalized spacial score (nSPS) is 19.1. The number of amidine groups is 1. The second-order valence-electron chi connectivity index (χ2n) is 4.35. The zero-order valence-corrected chi connectivity index (χ0v) is 10.1. The Morgan fingerprint density at radius 1 is 1.12 bits per heavy atom. The van der Waals surface area contributed by atoms with Gasteiger partial charge in [0.2, 0.25) is 0 Å². The Bertz CT molecular complexity index is 426. The molecule has 0 spiro atoms. The van der Waals surface area contributed by atoms with Crippen molar-refractivity contribution in [2.24, 2.45) is 4.99 Å². The first-order valence-corrected chi connectivity index (χ1v) is 6.96. The number of hydrogen-bond donors (Lipinski definition) is 1. The molecule has 0 atom stereocenters. The average Bonchev–Trinajstić information content (AvgIpc) is 2.77. The van der Waals surface area contributed by atoms with Crippen LogP contribution >= 0.6 is 11.8 Å². The molecule has 2 aliphatic rings. The fraction of sp³-hybridized carbons (Fsp3) is 0.462. The van der Waals surface area contributed by atoms with Crippen molar-refractivity contribution in [3.63, 3.8) is 0 Å². The minimum absolute atomic E-state index is 0.972. The van der Waals surface area contributed by atoms with E-state index in [4.69, 9.17) is 0 Å². The maximum absolute atomic E-state index is 4.49. The molecule has 1 aliphatic heterocycles. The van der Waals surface area contributed by atoms with Crippen molar-refractivity contribution in [2.75, 3.05) is 17.6 Å². The molecule has 0 fully saturated rings. The molecule has 0 bridgehead atoms. The van der Waals surface area contributed by atoms with E-state index in [1.807, 2.05) is 11.8 Å². The third kappa shape index (κ3) is 2.09. The molecule has 1 heterocycles. The summed E-state index contributed by atoms with van der Waals surface area (Å²) in [4.78, 5) is 4.49. The summed E-state index contributed by atoms with van der Waals surface area (Å²) in [5, 5.41) is 4.51. The van der Waals surface area contributed by atoms with E-state index in [-0.39, 0.29) is 0 Å². The maximum atomic E-state index is 4.49. The van der Waals surface area contributed by atoms with Crippen molar-refractivity contribution in [1.82, 2.24) is 0 Å². The summed E-state index contributed by atoms with van der Waals surface area (Å²) < 4.78 is 0. The molecule has 0 aromatic heterocycles. The molecule has 0 radical (unpaired) electrons. The molecular weight excluding hydrogens is 216 g/mol. The molecule has 1 aromatic rings. The van der Waals surface area contributed by atoms with Crippen LogP contribution in [0.1, 0.15) is 24.0 Å². The van der Waals surface area contributed by atoms with Gasteiger partial charge in [0.1, 0.15) is 0 Å². The predicted molar refractivity (Wildman–Crippen MR) is 71.5 cm³/mol. The highest BCUT2D eigenvalue weighted by molar-refractivity contribution is 8.14. The van der Waals surface area contributed by atoms with Gasteiger partial charge in [0.15, 0.2) is 5.17 Å². The molecule has 0 amide bonds. The quantitative estimate of drug-likeness (QED) is 0.804. The van der Waals surface area contributed by atoms with Gasteiger partial charge < -0.3 is 5.32 Å². The van der Waals surface area contributed by atoms with Crippen LogP contribution in [0.2, 0.25) is 0 Å². The number of thioether (sulfide) groups is 1. The average molecular weight is 232 g/mol. The van der Waals surface area contributed by atoms with Gasteiger partial charge in [-0.1, -0.05) is 17.8 Å². The van der Waals surface area contributed by atoms with E-state index < -0.39 is 0 Å². The molecule has 84 valence electrons. The van der Waals surface area contributed by atoms with E-state index in [2.05, 4.69) is 28.5 Å². The number of fused-ring (bicyclic) bond motifs is 1. The number of aryl methyl sites for hydroxylation is 2. The molecule has 1 aliphatic carbocycles. The number of anilines is 1. The minimum Gasteiger partial charge on any atom is -0.335 e. The first kappa shape index (κ1) is 10.2. The topological polar surface area (TPSA) is 24.4 Å². The van der Waals surface area contributed by atoms with Gasteiger partial charge in [0.25, 0.3) is 0 Å². The Morgan fingerprint density at radius 3 is 2.94 bits per heavy atom. The van der Waals surface area contributed by atoms with Crippen molar-refractivity contribution < 1.29 is 0 Å². The number of nitrogens with zero attached hydrogens (tertiary/aromatic N) is 1. The van der Waals surface area contributed by atoms with Gasteiger partial charge in [0, 0.05) is 18.0 Å². The highest BCUT2D eigenvalue weighted by Crippen LogP contribution is 2.25. The number of aliphatic imine (C=N–C) groups is 1. The SMILES string of the molecule is c1cc2c(cc1NC1=NCCCS1)CCC2. The fourth-order valence-corrected chi connectivity index (χ4v) is 3.15. The number of nitrogens with one attached hydrogen (secondary N) is 1. The van der Waals surface area contributed by atoms with Crippen LogP contribution in [0.25, 0.3) is 0 Å². The molecular formula is C13H16N2S. The lowest BCUT2D eigenvalue weighted by Crippen LogP contribution is -2.13. The van der Waals surface area contributed by atoms with Crippen LogP contribution in [0.4, 0.5) is 5.69 Å². The predicted octanol–water partition coefficient (Wildman–Crippen LogP) is 3.08. The molecule has 3 rings (SSSR count). The lowest BCUT2D eigenvalue weighted by Gasteiger charge is -2.14. The van der Waals surface area contributed by atoms with Gasteiger partial charge in [-0.15, -0.1) is 0 Å². The van der Waals surface area contributed by atoms with Gasteiger partial charge >= 0.3 is 0 Å². The third-order valence-electron chi connectivity index (χ3n) is 3.15. The van der Waals surface area contributed by atoms with E-state index in [1.165, 1.54) is 48.3 Å². The Hall–Kier alpha value is -0.960. The highest BCUT2D eigenvalue weighted by Gasteiger charge is 2.12. The van der Waals surface area contributed by atoms with E-state index in [0.29, 0.717) is 0 Å². The molecule has 16 heavy (non-hydrogen) atoms. The first-order valence-electron chi connectivity index (χ1n) is 5.98. The summed E-state index contributed by atoms with van der Waals surface area (Å²) in [5.74, 6) is 1.19. The second kappa shape index (κ2) is 4.50. The summed E-state index contributed by atoms with van der Waals surface area (Å²) in [6.07, 6.45) is 5.02. The number of rotatable bonds is 1. The molecule has 0 saturated carbocycles. The summed E-state index contributed by atoms with van der Waals surface area (Å²) in [5.41, 5.74) is 4.25. The zero-order valence-electron chi connectivity index (χ0n) is 9.33. The Morgan fingerprint density at radius 2 is 2.06 bits per heavy atom. The standard InChI is InChI=1S/C13H16N2S/c1-3-10-5-6-12(9-11(10)4-1)15-13-14-7-2-8-16-13/h5-6,9H,1-4,7-8H2,(H,14,15). The van der Waals surface area contributed by atoms with Crippen LogP contribution in [0.3, 0.4) is 0 Å². The van der Waals surface area contributed by atoms with Crippen molar-refractivity contribution in [3.05, 3.63) is 29.3 Å². The Kier molecular flexibility index (Phi) is 2.87. The van der Waals surface area contributed by atoms with Crippen LogP contribution in [-0.2, 0) is 12.8 Å². The zero-order chi connectivity index (χ0) is 10.8. The third-order valence-corrected chi connectivity index (χ3v) is 4.14. The van der Waals surface area contributed by atoms with E-state index >= 15 is 0 Å². The number of hydrogen-bond acceptors (Lipinski definition) is 3. The van der Waals surface area contributed by atoms with Crippen molar-refractivity contribution in [3.8, 4) is 0 Å². The summed E-state index contributed by atoms with van der Waals surface area (Å²) in [6.45, 7) is 0.972. The maximum Gasteiger partial charge on any atom is 0.161 e. The summed E-state index contributed by atoms with van der Waals surface area (Å²) in [7, 11) is 0. The van der Waals surface area contributed by atoms with Gasteiger partial charge in [-0.05, 0) is 48.9 Å². The van der Waals surface area contributed by atoms with Gasteiger partial charge in [-0.25, -0.2) is 0 Å². The van der Waals surface area contributed by atoms with Crippen LogP contribution in [0, 0.1) is 0 Å². The van der Waals surface area contributed by atoms with Crippen LogP contribution in [0.15, 0.2) is 23.2 Å². The Labute approximate surface area is 101 Å². The fourth-order valence-electron chi connectivity index (χ4n) is 2.31. The van der Waals surface area contributed by atoms with Crippen molar-refractivity contribution >= 4 is 22.6 Å². The molecule has 0 saturated heterocycles. The molecule has 2 nitrogen and oxygen atoms in total. The summed E-state index contributed by atoms with van der Waals surface area (Å²) >= 11 is 1.83.